The van der Waals surface area contributed by atoms with E-state index in [1.165, 1.54) is 6.07 Å². The molecule has 1 aliphatic heterocycles. The second-order valence-corrected chi connectivity index (χ2v) is 7.25. The van der Waals surface area contributed by atoms with Crippen LogP contribution in [0.2, 0.25) is 0 Å². The molecular formula is C21H24N4O5S. The minimum Gasteiger partial charge on any atom is -0.494 e. The number of nitrogens with one attached hydrogen (secondary N) is 2. The number of hydrogen-bond donors (Lipinski definition) is 2. The minimum atomic E-state index is -0.431. The van der Waals surface area contributed by atoms with E-state index in [9.17, 15) is 14.9 Å². The van der Waals surface area contributed by atoms with Gasteiger partial charge in [0.25, 0.3) is 11.6 Å². The van der Waals surface area contributed by atoms with Crippen molar-refractivity contribution in [1.29, 1.82) is 0 Å². The molecule has 1 heterocycles. The van der Waals surface area contributed by atoms with Crippen LogP contribution < -0.4 is 20.3 Å². The lowest BCUT2D eigenvalue weighted by Crippen LogP contribution is -2.36. The van der Waals surface area contributed by atoms with Gasteiger partial charge in [0.05, 0.1) is 24.7 Å². The summed E-state index contributed by atoms with van der Waals surface area (Å²) in [5.41, 5.74) is 1.32. The highest BCUT2D eigenvalue weighted by Gasteiger charge is 2.22. The van der Waals surface area contributed by atoms with Crippen LogP contribution in [-0.4, -0.2) is 48.9 Å². The summed E-state index contributed by atoms with van der Waals surface area (Å²) in [6.45, 7) is 4.85. The maximum atomic E-state index is 12.4. The zero-order chi connectivity index (χ0) is 22.2. The van der Waals surface area contributed by atoms with Crippen molar-refractivity contribution >= 4 is 40.3 Å². The normalized spacial score (nSPS) is 13.4. The number of thiocarbonyl (C=S) groups is 1. The molecule has 0 atom stereocenters. The monoisotopic (exact) mass is 444 g/mol. The van der Waals surface area contributed by atoms with Crippen LogP contribution in [0.4, 0.5) is 17.1 Å². The van der Waals surface area contributed by atoms with Crippen molar-refractivity contribution in [3.8, 4) is 5.75 Å². The largest absolute Gasteiger partial charge is 0.494 e. The lowest BCUT2D eigenvalue weighted by molar-refractivity contribution is -0.384. The first-order chi connectivity index (χ1) is 15.0. The van der Waals surface area contributed by atoms with Crippen molar-refractivity contribution in [1.82, 2.24) is 5.32 Å². The Morgan fingerprint density at radius 2 is 1.94 bits per heavy atom. The molecule has 0 aliphatic carbocycles. The van der Waals surface area contributed by atoms with E-state index >= 15 is 0 Å². The van der Waals surface area contributed by atoms with Gasteiger partial charge >= 0.3 is 0 Å². The van der Waals surface area contributed by atoms with Gasteiger partial charge in [-0.2, -0.15) is 0 Å². The summed E-state index contributed by atoms with van der Waals surface area (Å²) in [4.78, 5) is 25.5. The van der Waals surface area contributed by atoms with Gasteiger partial charge in [0, 0.05) is 30.4 Å². The van der Waals surface area contributed by atoms with Crippen molar-refractivity contribution < 1.29 is 19.2 Å². The highest BCUT2D eigenvalue weighted by Crippen LogP contribution is 2.31. The fraction of sp³-hybridized carbons (Fsp3) is 0.333. The molecule has 0 aromatic heterocycles. The molecule has 1 saturated heterocycles. The first-order valence-corrected chi connectivity index (χ1v) is 10.3. The number of nitrogens with zero attached hydrogens (tertiary/aromatic N) is 2. The molecule has 0 radical (unpaired) electrons. The van der Waals surface area contributed by atoms with Gasteiger partial charge < -0.3 is 19.7 Å². The molecule has 1 fully saturated rings. The number of morpholine rings is 1. The van der Waals surface area contributed by atoms with Gasteiger partial charge in [0.2, 0.25) is 0 Å². The number of rotatable bonds is 7. The van der Waals surface area contributed by atoms with Gasteiger partial charge in [0.15, 0.2) is 5.11 Å². The van der Waals surface area contributed by atoms with Crippen LogP contribution in [0.5, 0.6) is 5.75 Å². The summed E-state index contributed by atoms with van der Waals surface area (Å²) in [5, 5.41) is 17.0. The molecule has 1 amide bonds. The van der Waals surface area contributed by atoms with Crippen molar-refractivity contribution in [3.63, 3.8) is 0 Å². The zero-order valence-corrected chi connectivity index (χ0v) is 17.9. The van der Waals surface area contributed by atoms with Gasteiger partial charge in [-0.3, -0.25) is 20.2 Å². The summed E-state index contributed by atoms with van der Waals surface area (Å²) in [5.74, 6) is 0.297. The Hall–Kier alpha value is -3.24. The molecule has 0 saturated carbocycles. The number of ether oxygens (including phenoxy) is 2. The van der Waals surface area contributed by atoms with E-state index in [1.807, 2.05) is 11.8 Å². The molecule has 164 valence electrons. The predicted molar refractivity (Wildman–Crippen MR) is 122 cm³/mol. The van der Waals surface area contributed by atoms with E-state index in [2.05, 4.69) is 10.6 Å². The molecule has 0 bridgehead atoms. The number of nitro groups is 1. The number of amides is 1. The molecule has 3 rings (SSSR count). The fourth-order valence-electron chi connectivity index (χ4n) is 3.08. The number of carbonyl (C=O) groups excluding carboxylic acids is 1. The Morgan fingerprint density at radius 1 is 1.23 bits per heavy atom. The maximum Gasteiger partial charge on any atom is 0.294 e. The lowest BCUT2D eigenvalue weighted by Gasteiger charge is -2.28. The number of carbonyl (C=O) groups is 1. The van der Waals surface area contributed by atoms with E-state index in [0.29, 0.717) is 55.6 Å². The van der Waals surface area contributed by atoms with Crippen LogP contribution in [0.3, 0.4) is 0 Å². The summed E-state index contributed by atoms with van der Waals surface area (Å²) < 4.78 is 10.8. The molecule has 2 aromatic carbocycles. The highest BCUT2D eigenvalue weighted by atomic mass is 32.1. The topological polar surface area (TPSA) is 106 Å². The Kier molecular flexibility index (Phi) is 7.74. The Bertz CT molecular complexity index is 945. The third-order valence-corrected chi connectivity index (χ3v) is 4.80. The van der Waals surface area contributed by atoms with Crippen molar-refractivity contribution in [2.75, 3.05) is 43.1 Å². The van der Waals surface area contributed by atoms with Crippen LogP contribution in [0.1, 0.15) is 23.7 Å². The molecular weight excluding hydrogens is 420 g/mol. The quantitative estimate of drug-likeness (QED) is 0.381. The minimum absolute atomic E-state index is 0.0382. The second-order valence-electron chi connectivity index (χ2n) is 6.84. The first kappa shape index (κ1) is 22.4. The Labute approximate surface area is 185 Å². The average molecular weight is 445 g/mol. The van der Waals surface area contributed by atoms with E-state index in [0.717, 1.165) is 6.42 Å². The summed E-state index contributed by atoms with van der Waals surface area (Å²) >= 11 is 5.20. The summed E-state index contributed by atoms with van der Waals surface area (Å²) in [7, 11) is 0. The molecule has 9 nitrogen and oxygen atoms in total. The van der Waals surface area contributed by atoms with Gasteiger partial charge in [-0.15, -0.1) is 0 Å². The second kappa shape index (κ2) is 10.7. The van der Waals surface area contributed by atoms with Crippen molar-refractivity contribution in [2.45, 2.75) is 13.3 Å². The van der Waals surface area contributed by atoms with Crippen LogP contribution in [0, 0.1) is 10.1 Å². The zero-order valence-electron chi connectivity index (χ0n) is 17.1. The molecule has 31 heavy (non-hydrogen) atoms. The Balaban J connectivity index is 1.63. The molecule has 2 N–H and O–H groups in total. The van der Waals surface area contributed by atoms with Crippen molar-refractivity contribution in [3.05, 3.63) is 58.1 Å². The van der Waals surface area contributed by atoms with Crippen LogP contribution in [0.25, 0.3) is 0 Å². The average Bonchev–Trinajstić information content (AvgIpc) is 2.78. The SMILES string of the molecule is CCCOc1ccc(C(=O)NC(=S)Nc2ccc(N3CCOCC3)c([N+](=O)[O-])c2)cc1. The van der Waals surface area contributed by atoms with E-state index in [4.69, 9.17) is 21.7 Å². The molecule has 0 spiro atoms. The summed E-state index contributed by atoms with van der Waals surface area (Å²) in [6, 6.07) is 11.5. The van der Waals surface area contributed by atoms with Crippen LogP contribution in [0.15, 0.2) is 42.5 Å². The van der Waals surface area contributed by atoms with E-state index in [-0.39, 0.29) is 16.7 Å². The predicted octanol–water partition coefficient (Wildman–Crippen LogP) is 3.35. The van der Waals surface area contributed by atoms with Gasteiger partial charge in [-0.05, 0) is 55.0 Å². The van der Waals surface area contributed by atoms with Gasteiger partial charge in [0.1, 0.15) is 11.4 Å². The molecule has 0 unspecified atom stereocenters. The Morgan fingerprint density at radius 3 is 2.58 bits per heavy atom. The van der Waals surface area contributed by atoms with E-state index < -0.39 is 4.92 Å². The van der Waals surface area contributed by atoms with Gasteiger partial charge in [-0.25, -0.2) is 0 Å². The summed E-state index contributed by atoms with van der Waals surface area (Å²) in [6.07, 6.45) is 0.897. The molecule has 10 heteroatoms. The molecule has 1 aliphatic rings. The lowest BCUT2D eigenvalue weighted by atomic mass is 10.2. The third-order valence-electron chi connectivity index (χ3n) is 4.60. The smallest absolute Gasteiger partial charge is 0.294 e. The maximum absolute atomic E-state index is 12.4. The third kappa shape index (κ3) is 6.12. The van der Waals surface area contributed by atoms with Crippen LogP contribution in [-0.2, 0) is 4.74 Å². The number of benzene rings is 2. The van der Waals surface area contributed by atoms with E-state index in [1.54, 1.807) is 36.4 Å². The van der Waals surface area contributed by atoms with Crippen LogP contribution >= 0.6 is 12.2 Å². The standard InChI is InChI=1S/C21H24N4O5S/c1-2-11-30-17-6-3-15(4-7-17)20(26)23-21(31)22-16-5-8-18(19(14-16)25(27)28)24-9-12-29-13-10-24/h3-8,14H,2,9-13H2,1H3,(H2,22,23,26,31). The van der Waals surface area contributed by atoms with Crippen molar-refractivity contribution in [2.24, 2.45) is 0 Å². The number of anilines is 2. The number of hydrogen-bond acceptors (Lipinski definition) is 7. The highest BCUT2D eigenvalue weighted by molar-refractivity contribution is 7.80. The van der Waals surface area contributed by atoms with Gasteiger partial charge in [-0.1, -0.05) is 6.92 Å². The number of nitro benzene ring substituents is 1. The first-order valence-electron chi connectivity index (χ1n) is 9.94. The fourth-order valence-corrected chi connectivity index (χ4v) is 3.29. The molecule has 2 aromatic rings.